The van der Waals surface area contributed by atoms with E-state index in [2.05, 4.69) is 25.6 Å². The highest BCUT2D eigenvalue weighted by atomic mass is 19.1. The van der Waals surface area contributed by atoms with E-state index in [0.29, 0.717) is 16.7 Å². The van der Waals surface area contributed by atoms with Crippen molar-refractivity contribution < 1.29 is 13.6 Å². The lowest BCUT2D eigenvalue weighted by atomic mass is 10.3. The van der Waals surface area contributed by atoms with Gasteiger partial charge in [-0.15, -0.1) is 0 Å². The van der Waals surface area contributed by atoms with Crippen molar-refractivity contribution in [2.24, 2.45) is 0 Å². The van der Waals surface area contributed by atoms with Gasteiger partial charge in [-0.05, 0) is 18.2 Å². The summed E-state index contributed by atoms with van der Waals surface area (Å²) in [7, 11) is 0. The molecule has 21 heavy (non-hydrogen) atoms. The van der Waals surface area contributed by atoms with E-state index in [1.807, 2.05) is 0 Å². The van der Waals surface area contributed by atoms with Crippen LogP contribution in [0.2, 0.25) is 0 Å². The average molecular weight is 289 g/mol. The molecule has 106 valence electrons. The molecule has 0 unspecified atom stereocenters. The molecule has 3 rings (SSSR count). The Morgan fingerprint density at radius 1 is 1.10 bits per heavy atom. The number of aromatic amines is 1. The molecule has 3 aromatic rings. The van der Waals surface area contributed by atoms with E-state index in [9.17, 15) is 13.6 Å². The number of rotatable bonds is 2. The smallest absolute Gasteiger partial charge is 0.324 e. The summed E-state index contributed by atoms with van der Waals surface area (Å²) in [4.78, 5) is 22.2. The molecule has 0 saturated heterocycles. The number of pyridine rings is 2. The second-order valence-corrected chi connectivity index (χ2v) is 4.19. The van der Waals surface area contributed by atoms with Crippen LogP contribution in [-0.4, -0.2) is 21.0 Å². The fourth-order valence-electron chi connectivity index (χ4n) is 1.80. The van der Waals surface area contributed by atoms with Crippen molar-refractivity contribution in [3.8, 4) is 0 Å². The van der Waals surface area contributed by atoms with Crippen molar-refractivity contribution in [1.82, 2.24) is 15.0 Å². The zero-order valence-corrected chi connectivity index (χ0v) is 10.5. The lowest BCUT2D eigenvalue weighted by molar-refractivity contribution is 0.262. The predicted molar refractivity (Wildman–Crippen MR) is 72.9 cm³/mol. The molecule has 0 spiro atoms. The molecular weight excluding hydrogens is 280 g/mol. The molecule has 0 saturated carbocycles. The van der Waals surface area contributed by atoms with E-state index in [4.69, 9.17) is 0 Å². The zero-order chi connectivity index (χ0) is 14.8. The average Bonchev–Trinajstić information content (AvgIpc) is 2.84. The highest BCUT2D eigenvalue weighted by molar-refractivity contribution is 6.04. The van der Waals surface area contributed by atoms with Gasteiger partial charge in [-0.25, -0.2) is 23.5 Å². The number of H-pyrrole nitrogens is 1. The molecule has 6 nitrogen and oxygen atoms in total. The van der Waals surface area contributed by atoms with Gasteiger partial charge in [0.2, 0.25) is 0 Å². The molecule has 0 aliphatic carbocycles. The van der Waals surface area contributed by atoms with E-state index >= 15 is 0 Å². The maximum Gasteiger partial charge on any atom is 0.324 e. The van der Waals surface area contributed by atoms with Crippen molar-refractivity contribution >= 4 is 28.6 Å². The van der Waals surface area contributed by atoms with Crippen molar-refractivity contribution in [2.45, 2.75) is 0 Å². The Morgan fingerprint density at radius 2 is 1.90 bits per heavy atom. The molecule has 0 atom stereocenters. The third kappa shape index (κ3) is 2.78. The Hall–Kier alpha value is -3.03. The third-order valence-electron chi connectivity index (χ3n) is 2.71. The van der Waals surface area contributed by atoms with Crippen molar-refractivity contribution in [3.63, 3.8) is 0 Å². The number of carbonyl (C=O) groups is 1. The van der Waals surface area contributed by atoms with Gasteiger partial charge >= 0.3 is 6.03 Å². The summed E-state index contributed by atoms with van der Waals surface area (Å²) in [6.45, 7) is 0. The molecule has 0 bridgehead atoms. The van der Waals surface area contributed by atoms with Gasteiger partial charge in [0.05, 0.1) is 18.1 Å². The molecule has 0 aromatic carbocycles. The Balaban J connectivity index is 1.77. The second kappa shape index (κ2) is 5.16. The number of halogens is 2. The molecule has 8 heteroatoms. The first kappa shape index (κ1) is 13.0. The second-order valence-electron chi connectivity index (χ2n) is 4.19. The maximum absolute atomic E-state index is 13.2. The minimum atomic E-state index is -0.584. The van der Waals surface area contributed by atoms with Crippen LogP contribution in [0.1, 0.15) is 0 Å². The molecule has 0 fully saturated rings. The number of amides is 2. The minimum absolute atomic E-state index is 0.193. The van der Waals surface area contributed by atoms with Gasteiger partial charge in [0.15, 0.2) is 0 Å². The van der Waals surface area contributed by atoms with E-state index in [1.165, 1.54) is 24.4 Å². The maximum atomic E-state index is 13.2. The summed E-state index contributed by atoms with van der Waals surface area (Å²) in [5.74, 6) is -0.817. The van der Waals surface area contributed by atoms with Gasteiger partial charge in [0.25, 0.3) is 0 Å². The van der Waals surface area contributed by atoms with Crippen molar-refractivity contribution in [2.75, 3.05) is 10.6 Å². The molecule has 3 aromatic heterocycles. The quantitative estimate of drug-likeness (QED) is 0.678. The minimum Gasteiger partial charge on any atom is -0.344 e. The fraction of sp³-hybridized carbons (Fsp3) is 0. The van der Waals surface area contributed by atoms with Gasteiger partial charge in [0.1, 0.15) is 23.1 Å². The highest BCUT2D eigenvalue weighted by Gasteiger charge is 2.10. The standard InChI is InChI=1S/C13H9F2N5O/c14-7-1-2-11(16-4-7)20-13(21)19-10-6-18-12-9(10)3-8(15)5-17-12/h1-6H,(H,17,18)(H2,16,19,20,21). The van der Waals surface area contributed by atoms with E-state index in [-0.39, 0.29) is 5.82 Å². The van der Waals surface area contributed by atoms with Crippen LogP contribution in [0.25, 0.3) is 11.0 Å². The van der Waals surface area contributed by atoms with E-state index in [0.717, 1.165) is 12.4 Å². The first-order valence-electron chi connectivity index (χ1n) is 5.94. The predicted octanol–water partition coefficient (Wildman–Crippen LogP) is 2.88. The topological polar surface area (TPSA) is 82.7 Å². The number of hydrogen-bond acceptors (Lipinski definition) is 3. The van der Waals surface area contributed by atoms with E-state index < -0.39 is 17.7 Å². The zero-order valence-electron chi connectivity index (χ0n) is 10.5. The summed E-state index contributed by atoms with van der Waals surface area (Å²) in [6.07, 6.45) is 3.56. The molecule has 3 N–H and O–H groups in total. The van der Waals surface area contributed by atoms with Crippen LogP contribution >= 0.6 is 0 Å². The number of anilines is 2. The van der Waals surface area contributed by atoms with Crippen molar-refractivity contribution in [1.29, 1.82) is 0 Å². The number of nitrogens with zero attached hydrogens (tertiary/aromatic N) is 2. The normalized spacial score (nSPS) is 10.6. The van der Waals surface area contributed by atoms with Crippen LogP contribution in [0.3, 0.4) is 0 Å². The molecule has 0 aliphatic rings. The van der Waals surface area contributed by atoms with Gasteiger partial charge in [-0.1, -0.05) is 0 Å². The summed E-state index contributed by atoms with van der Waals surface area (Å²) in [5, 5.41) is 5.41. The lowest BCUT2D eigenvalue weighted by Crippen LogP contribution is -2.19. The summed E-state index contributed by atoms with van der Waals surface area (Å²) >= 11 is 0. The monoisotopic (exact) mass is 289 g/mol. The Morgan fingerprint density at radius 3 is 2.67 bits per heavy atom. The Bertz CT molecular complexity index is 800. The molecule has 3 heterocycles. The van der Waals surface area contributed by atoms with Crippen LogP contribution < -0.4 is 10.6 Å². The van der Waals surface area contributed by atoms with Crippen LogP contribution in [0, 0.1) is 11.6 Å². The molecule has 2 amide bonds. The number of fused-ring (bicyclic) bond motifs is 1. The van der Waals surface area contributed by atoms with Crippen LogP contribution in [-0.2, 0) is 0 Å². The molecular formula is C13H9F2N5O. The van der Waals surface area contributed by atoms with Gasteiger partial charge in [-0.2, -0.15) is 0 Å². The van der Waals surface area contributed by atoms with Crippen LogP contribution in [0.15, 0.2) is 36.8 Å². The molecule has 0 radical (unpaired) electrons. The number of hydrogen-bond donors (Lipinski definition) is 3. The van der Waals surface area contributed by atoms with Crippen molar-refractivity contribution in [3.05, 3.63) is 48.4 Å². The highest BCUT2D eigenvalue weighted by Crippen LogP contribution is 2.22. The fourth-order valence-corrected chi connectivity index (χ4v) is 1.80. The van der Waals surface area contributed by atoms with Gasteiger partial charge in [-0.3, -0.25) is 5.32 Å². The van der Waals surface area contributed by atoms with Crippen LogP contribution in [0.5, 0.6) is 0 Å². The SMILES string of the molecule is O=C(Nc1ccc(F)cn1)Nc1c[nH]c2ncc(F)cc12. The summed E-state index contributed by atoms with van der Waals surface area (Å²) in [5.41, 5.74) is 0.822. The first-order valence-corrected chi connectivity index (χ1v) is 5.94. The number of urea groups is 1. The third-order valence-corrected chi connectivity index (χ3v) is 2.71. The van der Waals surface area contributed by atoms with Gasteiger partial charge < -0.3 is 10.3 Å². The van der Waals surface area contributed by atoms with E-state index in [1.54, 1.807) is 0 Å². The number of carbonyl (C=O) groups excluding carboxylic acids is 1. The largest absolute Gasteiger partial charge is 0.344 e. The Kier molecular flexibility index (Phi) is 3.19. The van der Waals surface area contributed by atoms with Gasteiger partial charge in [0, 0.05) is 11.6 Å². The Labute approximate surface area is 117 Å². The number of nitrogens with one attached hydrogen (secondary N) is 3. The first-order chi connectivity index (χ1) is 10.1. The summed E-state index contributed by atoms with van der Waals surface area (Å²) < 4.78 is 25.9. The lowest BCUT2D eigenvalue weighted by Gasteiger charge is -2.05. The summed E-state index contributed by atoms with van der Waals surface area (Å²) in [6, 6.07) is 3.17. The number of aromatic nitrogens is 3. The molecule has 0 aliphatic heterocycles. The van der Waals surface area contributed by atoms with Crippen LogP contribution in [0.4, 0.5) is 25.1 Å².